The Hall–Kier alpha value is -1.98. The molecule has 100 valence electrons. The Balaban J connectivity index is 1.94. The number of aromatic nitrogens is 1. The molecular weight excluding hydrogens is 290 g/mol. The number of carbonyl (C=O) groups is 1. The van der Waals surface area contributed by atoms with Crippen LogP contribution in [-0.4, -0.2) is 16.1 Å². The van der Waals surface area contributed by atoms with Gasteiger partial charge in [-0.05, 0) is 30.0 Å². The van der Waals surface area contributed by atoms with Crippen LogP contribution < -0.4 is 0 Å². The molecule has 2 aromatic heterocycles. The molecule has 0 radical (unpaired) electrons. The molecule has 3 nitrogen and oxygen atoms in total. The Morgan fingerprint density at radius 2 is 1.90 bits per heavy atom. The third-order valence-corrected chi connectivity index (χ3v) is 4.75. The monoisotopic (exact) mass is 301 g/mol. The highest BCUT2D eigenvalue weighted by molar-refractivity contribution is 7.14. The predicted octanol–water partition coefficient (Wildman–Crippen LogP) is 4.55. The number of carboxylic acids is 1. The van der Waals surface area contributed by atoms with Gasteiger partial charge in [0.05, 0.1) is 11.3 Å². The van der Waals surface area contributed by atoms with Crippen molar-refractivity contribution in [3.8, 4) is 21.8 Å². The number of carboxylic acid groups (broad SMARTS) is 1. The van der Waals surface area contributed by atoms with Gasteiger partial charge in [-0.1, -0.05) is 12.1 Å². The van der Waals surface area contributed by atoms with Crippen molar-refractivity contribution in [2.45, 2.75) is 6.92 Å². The van der Waals surface area contributed by atoms with Crippen LogP contribution in [0.4, 0.5) is 0 Å². The van der Waals surface area contributed by atoms with E-state index < -0.39 is 5.97 Å². The third-order valence-electron chi connectivity index (χ3n) is 3.02. The van der Waals surface area contributed by atoms with Crippen LogP contribution in [0.15, 0.2) is 40.4 Å². The molecule has 5 heteroatoms. The van der Waals surface area contributed by atoms with E-state index in [1.54, 1.807) is 46.9 Å². The van der Waals surface area contributed by atoms with E-state index in [1.807, 2.05) is 5.38 Å². The summed E-state index contributed by atoms with van der Waals surface area (Å²) in [6.07, 6.45) is 0. The van der Waals surface area contributed by atoms with Gasteiger partial charge in [-0.25, -0.2) is 9.78 Å². The predicted molar refractivity (Wildman–Crippen MR) is 82.6 cm³/mol. The Labute approximate surface area is 124 Å². The van der Waals surface area contributed by atoms with Gasteiger partial charge in [0, 0.05) is 21.9 Å². The average Bonchev–Trinajstić information content (AvgIpc) is 3.07. The number of aromatic carboxylic acids is 1. The maximum absolute atomic E-state index is 10.8. The fourth-order valence-corrected chi connectivity index (χ4v) is 3.71. The highest BCUT2D eigenvalue weighted by Gasteiger charge is 2.10. The van der Waals surface area contributed by atoms with Gasteiger partial charge in [0.25, 0.3) is 0 Å². The molecule has 0 aliphatic carbocycles. The number of benzene rings is 1. The smallest absolute Gasteiger partial charge is 0.335 e. The average molecular weight is 301 g/mol. The minimum absolute atomic E-state index is 0.290. The van der Waals surface area contributed by atoms with E-state index in [-0.39, 0.29) is 5.56 Å². The molecule has 3 rings (SSSR count). The fraction of sp³-hybridized carbons (Fsp3) is 0.0667. The lowest BCUT2D eigenvalue weighted by Gasteiger charge is -1.98. The molecule has 0 saturated carbocycles. The molecule has 0 fully saturated rings. The first-order valence-corrected chi connectivity index (χ1v) is 7.80. The summed E-state index contributed by atoms with van der Waals surface area (Å²) >= 11 is 3.28. The standard InChI is InChI=1S/C15H11NO2S2/c1-9-6-19-7-12(9)14-16-13(8-20-14)10-2-4-11(5-3-10)15(17)18/h2-8H,1H3,(H,17,18). The molecule has 1 aromatic carbocycles. The molecule has 3 aromatic rings. The quantitative estimate of drug-likeness (QED) is 0.772. The third kappa shape index (κ3) is 2.37. The molecule has 0 atom stereocenters. The number of thiophene rings is 1. The lowest BCUT2D eigenvalue weighted by molar-refractivity contribution is 0.0697. The summed E-state index contributed by atoms with van der Waals surface area (Å²) in [5, 5.41) is 16.1. The van der Waals surface area contributed by atoms with Gasteiger partial charge in [-0.15, -0.1) is 11.3 Å². The molecule has 0 amide bonds. The van der Waals surface area contributed by atoms with Gasteiger partial charge < -0.3 is 5.11 Å². The van der Waals surface area contributed by atoms with E-state index in [0.29, 0.717) is 0 Å². The zero-order valence-electron chi connectivity index (χ0n) is 10.7. The molecule has 2 heterocycles. The van der Waals surface area contributed by atoms with Crippen LogP contribution in [-0.2, 0) is 0 Å². The SMILES string of the molecule is Cc1cscc1-c1nc(-c2ccc(C(=O)O)cc2)cs1. The molecule has 0 spiro atoms. The second kappa shape index (κ2) is 5.19. The summed E-state index contributed by atoms with van der Waals surface area (Å²) in [4.78, 5) is 15.5. The van der Waals surface area contributed by atoms with E-state index in [1.165, 1.54) is 11.1 Å². The van der Waals surface area contributed by atoms with Crippen molar-refractivity contribution in [2.75, 3.05) is 0 Å². The largest absolute Gasteiger partial charge is 0.478 e. The van der Waals surface area contributed by atoms with Crippen molar-refractivity contribution >= 4 is 28.6 Å². The number of thiazole rings is 1. The molecule has 20 heavy (non-hydrogen) atoms. The number of hydrogen-bond donors (Lipinski definition) is 1. The molecule has 0 saturated heterocycles. The van der Waals surface area contributed by atoms with Crippen LogP contribution in [0, 0.1) is 6.92 Å². The molecule has 0 bridgehead atoms. The van der Waals surface area contributed by atoms with E-state index in [9.17, 15) is 4.79 Å². The van der Waals surface area contributed by atoms with Crippen molar-refractivity contribution < 1.29 is 9.90 Å². The first-order chi connectivity index (χ1) is 9.65. The van der Waals surface area contributed by atoms with Gasteiger partial charge >= 0.3 is 5.97 Å². The summed E-state index contributed by atoms with van der Waals surface area (Å²) in [5.41, 5.74) is 4.52. The van der Waals surface area contributed by atoms with E-state index in [2.05, 4.69) is 22.7 Å². The maximum atomic E-state index is 10.8. The number of rotatable bonds is 3. The minimum Gasteiger partial charge on any atom is -0.478 e. The van der Waals surface area contributed by atoms with E-state index in [4.69, 9.17) is 5.11 Å². The van der Waals surface area contributed by atoms with Crippen molar-refractivity contribution in [1.82, 2.24) is 4.98 Å². The second-order valence-corrected chi connectivity index (χ2v) is 5.99. The summed E-state index contributed by atoms with van der Waals surface area (Å²) in [5.74, 6) is -0.913. The van der Waals surface area contributed by atoms with Gasteiger partial charge in [0.1, 0.15) is 5.01 Å². The molecular formula is C15H11NO2S2. The summed E-state index contributed by atoms with van der Waals surface area (Å²) < 4.78 is 0. The topological polar surface area (TPSA) is 50.2 Å². The molecule has 0 unspecified atom stereocenters. The molecule has 1 N–H and O–H groups in total. The second-order valence-electron chi connectivity index (χ2n) is 4.39. The van der Waals surface area contributed by atoms with Crippen LogP contribution in [0.3, 0.4) is 0 Å². The Bertz CT molecular complexity index is 756. The van der Waals surface area contributed by atoms with Crippen molar-refractivity contribution in [3.05, 3.63) is 51.5 Å². The highest BCUT2D eigenvalue weighted by atomic mass is 32.1. The number of nitrogens with zero attached hydrogens (tertiary/aromatic N) is 1. The summed E-state index contributed by atoms with van der Waals surface area (Å²) in [6, 6.07) is 6.80. The Kier molecular flexibility index (Phi) is 3.38. The van der Waals surface area contributed by atoms with Crippen LogP contribution in [0.5, 0.6) is 0 Å². The van der Waals surface area contributed by atoms with E-state index in [0.717, 1.165) is 16.3 Å². The maximum Gasteiger partial charge on any atom is 0.335 e. The van der Waals surface area contributed by atoms with Crippen LogP contribution in [0.25, 0.3) is 21.8 Å². The summed E-state index contributed by atoms with van der Waals surface area (Å²) in [7, 11) is 0. The minimum atomic E-state index is -0.913. The Morgan fingerprint density at radius 3 is 2.50 bits per heavy atom. The van der Waals surface area contributed by atoms with Crippen LogP contribution >= 0.6 is 22.7 Å². The first kappa shape index (κ1) is 13.0. The highest BCUT2D eigenvalue weighted by Crippen LogP contribution is 2.32. The van der Waals surface area contributed by atoms with Gasteiger partial charge in [0.2, 0.25) is 0 Å². The zero-order valence-corrected chi connectivity index (χ0v) is 12.3. The lowest BCUT2D eigenvalue weighted by atomic mass is 10.1. The van der Waals surface area contributed by atoms with Crippen LogP contribution in [0.2, 0.25) is 0 Å². The van der Waals surface area contributed by atoms with E-state index >= 15 is 0 Å². The fourth-order valence-electron chi connectivity index (χ4n) is 1.89. The molecule has 0 aliphatic heterocycles. The molecule has 0 aliphatic rings. The van der Waals surface area contributed by atoms with Gasteiger partial charge in [-0.2, -0.15) is 11.3 Å². The Morgan fingerprint density at radius 1 is 1.15 bits per heavy atom. The van der Waals surface area contributed by atoms with Crippen LogP contribution in [0.1, 0.15) is 15.9 Å². The first-order valence-electron chi connectivity index (χ1n) is 5.97. The van der Waals surface area contributed by atoms with Gasteiger partial charge in [-0.3, -0.25) is 0 Å². The lowest BCUT2D eigenvalue weighted by Crippen LogP contribution is -1.94. The van der Waals surface area contributed by atoms with Gasteiger partial charge in [0.15, 0.2) is 0 Å². The van der Waals surface area contributed by atoms with Crippen molar-refractivity contribution in [2.24, 2.45) is 0 Å². The van der Waals surface area contributed by atoms with Crippen molar-refractivity contribution in [3.63, 3.8) is 0 Å². The normalized spacial score (nSPS) is 10.7. The number of hydrogen-bond acceptors (Lipinski definition) is 4. The zero-order chi connectivity index (χ0) is 14.1. The number of aryl methyl sites for hydroxylation is 1. The summed E-state index contributed by atoms with van der Waals surface area (Å²) in [6.45, 7) is 2.08. The van der Waals surface area contributed by atoms with Crippen molar-refractivity contribution in [1.29, 1.82) is 0 Å².